The van der Waals surface area contributed by atoms with Gasteiger partial charge in [-0.1, -0.05) is 29.4 Å². The van der Waals surface area contributed by atoms with Gasteiger partial charge in [0.05, 0.1) is 11.3 Å². The summed E-state index contributed by atoms with van der Waals surface area (Å²) in [5.41, 5.74) is 4.35. The Morgan fingerprint density at radius 1 is 1.37 bits per heavy atom. The molecule has 1 aliphatic heterocycles. The highest BCUT2D eigenvalue weighted by atomic mass is 35.5. The van der Waals surface area contributed by atoms with E-state index in [1.165, 1.54) is 11.8 Å². The number of fused-ring (bicyclic) bond motifs is 1. The number of anilines is 1. The smallest absolute Gasteiger partial charge is 0.234 e. The van der Waals surface area contributed by atoms with Crippen molar-refractivity contribution in [3.05, 3.63) is 63.6 Å². The minimum atomic E-state index is -0.150. The number of halogens is 1. The topological polar surface area (TPSA) is 69.0 Å². The molecule has 0 spiro atoms. The third kappa shape index (κ3) is 4.52. The molecule has 0 bridgehead atoms. The lowest BCUT2D eigenvalue weighted by Gasteiger charge is -2.27. The van der Waals surface area contributed by atoms with Crippen LogP contribution in [0.3, 0.4) is 0 Å². The predicted molar refractivity (Wildman–Crippen MR) is 123 cm³/mol. The maximum atomic E-state index is 12.4. The number of amides is 1. The molecule has 1 amide bonds. The van der Waals surface area contributed by atoms with Gasteiger partial charge in [-0.3, -0.25) is 4.79 Å². The molecule has 8 heteroatoms. The van der Waals surface area contributed by atoms with E-state index < -0.39 is 0 Å². The van der Waals surface area contributed by atoms with Gasteiger partial charge in [-0.05, 0) is 48.3 Å². The SMILES string of the molecule is CN1CCc2nc(SCC(=O)Nc3ccc(Cl)cc3)c(C#N)c(-c3cccs3)c2C1. The second-order valence-electron chi connectivity index (χ2n) is 7.01. The fraction of sp³-hybridized carbons (Fsp3) is 0.227. The van der Waals surface area contributed by atoms with E-state index in [-0.39, 0.29) is 11.7 Å². The van der Waals surface area contributed by atoms with E-state index in [4.69, 9.17) is 16.6 Å². The van der Waals surface area contributed by atoms with Crippen molar-refractivity contribution in [2.24, 2.45) is 0 Å². The maximum Gasteiger partial charge on any atom is 0.234 e. The Balaban J connectivity index is 1.62. The average Bonchev–Trinajstić information content (AvgIpc) is 3.27. The van der Waals surface area contributed by atoms with Gasteiger partial charge in [-0.25, -0.2) is 4.98 Å². The molecular formula is C22H19ClN4OS2. The summed E-state index contributed by atoms with van der Waals surface area (Å²) in [5, 5.41) is 16.1. The summed E-state index contributed by atoms with van der Waals surface area (Å²) in [6, 6.07) is 13.4. The third-order valence-corrected chi connectivity index (χ3v) is 6.97. The fourth-order valence-electron chi connectivity index (χ4n) is 3.44. The molecule has 152 valence electrons. The lowest BCUT2D eigenvalue weighted by Crippen LogP contribution is -2.28. The molecule has 3 aromatic rings. The molecule has 0 saturated heterocycles. The van der Waals surface area contributed by atoms with E-state index in [2.05, 4.69) is 23.3 Å². The van der Waals surface area contributed by atoms with Crippen LogP contribution in [0.5, 0.6) is 0 Å². The van der Waals surface area contributed by atoms with Crippen molar-refractivity contribution >= 4 is 46.3 Å². The summed E-state index contributed by atoms with van der Waals surface area (Å²) in [6.07, 6.45) is 0.834. The van der Waals surface area contributed by atoms with Gasteiger partial charge in [0.2, 0.25) is 5.91 Å². The Hall–Kier alpha value is -2.37. The lowest BCUT2D eigenvalue weighted by atomic mass is 9.96. The minimum absolute atomic E-state index is 0.150. The fourth-order valence-corrected chi connectivity index (χ4v) is 5.17. The molecule has 1 aliphatic rings. The number of benzene rings is 1. The first kappa shape index (κ1) is 20.9. The zero-order valence-electron chi connectivity index (χ0n) is 16.3. The van der Waals surface area contributed by atoms with E-state index in [9.17, 15) is 10.1 Å². The number of hydrogen-bond donors (Lipinski definition) is 1. The van der Waals surface area contributed by atoms with Gasteiger partial charge in [0.25, 0.3) is 0 Å². The first-order chi connectivity index (χ1) is 14.5. The second-order valence-corrected chi connectivity index (χ2v) is 9.36. The molecule has 0 unspecified atom stereocenters. The van der Waals surface area contributed by atoms with Gasteiger partial charge in [-0.2, -0.15) is 5.26 Å². The van der Waals surface area contributed by atoms with Gasteiger partial charge in [0.1, 0.15) is 11.1 Å². The van der Waals surface area contributed by atoms with Crippen LogP contribution < -0.4 is 5.32 Å². The zero-order valence-corrected chi connectivity index (χ0v) is 18.7. The number of thioether (sulfide) groups is 1. The summed E-state index contributed by atoms with van der Waals surface area (Å²) < 4.78 is 0. The largest absolute Gasteiger partial charge is 0.325 e. The number of nitrogens with one attached hydrogen (secondary N) is 1. The number of carbonyl (C=O) groups excluding carboxylic acids is 1. The standard InChI is InChI=1S/C22H19ClN4OS2/c1-27-9-8-18-17(12-27)21(19-3-2-10-29-19)16(11-24)22(26-18)30-13-20(28)25-15-6-4-14(23)5-7-15/h2-7,10H,8-9,12-13H2,1H3,(H,25,28). The molecule has 1 N–H and O–H groups in total. The van der Waals surface area contributed by atoms with Crippen molar-refractivity contribution in [1.29, 1.82) is 5.26 Å². The van der Waals surface area contributed by atoms with Crippen molar-refractivity contribution in [2.45, 2.75) is 18.0 Å². The van der Waals surface area contributed by atoms with Crippen LogP contribution in [-0.2, 0) is 17.8 Å². The molecule has 0 atom stereocenters. The number of thiophene rings is 1. The van der Waals surface area contributed by atoms with E-state index in [1.807, 2.05) is 17.5 Å². The Labute approximate surface area is 188 Å². The molecule has 0 fully saturated rings. The van der Waals surface area contributed by atoms with Crippen molar-refractivity contribution in [3.63, 3.8) is 0 Å². The summed E-state index contributed by atoms with van der Waals surface area (Å²) in [6.45, 7) is 1.70. The number of pyridine rings is 1. The maximum absolute atomic E-state index is 12.4. The minimum Gasteiger partial charge on any atom is -0.325 e. The normalized spacial score (nSPS) is 13.5. The Bertz CT molecular complexity index is 1110. The number of aromatic nitrogens is 1. The number of nitriles is 1. The zero-order chi connectivity index (χ0) is 21.1. The highest BCUT2D eigenvalue weighted by Gasteiger charge is 2.25. The van der Waals surface area contributed by atoms with Crippen LogP contribution in [0.4, 0.5) is 5.69 Å². The molecule has 0 saturated carbocycles. The molecule has 3 heterocycles. The third-order valence-electron chi connectivity index (χ3n) is 4.86. The summed E-state index contributed by atoms with van der Waals surface area (Å²) in [5.74, 6) is 0.0236. The molecule has 4 rings (SSSR count). The van der Waals surface area contributed by atoms with Crippen LogP contribution in [0.2, 0.25) is 5.02 Å². The van der Waals surface area contributed by atoms with Gasteiger partial charge in [-0.15, -0.1) is 11.3 Å². The van der Waals surface area contributed by atoms with Gasteiger partial charge < -0.3 is 10.2 Å². The molecule has 5 nitrogen and oxygen atoms in total. The summed E-state index contributed by atoms with van der Waals surface area (Å²) in [7, 11) is 2.08. The van der Waals surface area contributed by atoms with Crippen LogP contribution in [0, 0.1) is 11.3 Å². The van der Waals surface area contributed by atoms with Crippen LogP contribution in [-0.4, -0.2) is 35.1 Å². The predicted octanol–water partition coefficient (Wildman–Crippen LogP) is 5.05. The van der Waals surface area contributed by atoms with E-state index in [1.54, 1.807) is 35.6 Å². The Morgan fingerprint density at radius 3 is 2.87 bits per heavy atom. The Morgan fingerprint density at radius 2 is 2.17 bits per heavy atom. The van der Waals surface area contributed by atoms with Crippen molar-refractivity contribution in [2.75, 3.05) is 24.7 Å². The molecule has 2 aromatic heterocycles. The molecule has 1 aromatic carbocycles. The van der Waals surface area contributed by atoms with E-state index in [0.717, 1.165) is 41.2 Å². The molecule has 0 aliphatic carbocycles. The van der Waals surface area contributed by atoms with E-state index >= 15 is 0 Å². The number of carbonyl (C=O) groups is 1. The second kappa shape index (κ2) is 9.19. The molecule has 30 heavy (non-hydrogen) atoms. The lowest BCUT2D eigenvalue weighted by molar-refractivity contribution is -0.113. The van der Waals surface area contributed by atoms with Gasteiger partial charge in [0.15, 0.2) is 0 Å². The first-order valence-electron chi connectivity index (χ1n) is 9.41. The van der Waals surface area contributed by atoms with E-state index in [0.29, 0.717) is 21.3 Å². The number of rotatable bonds is 5. The quantitative estimate of drug-likeness (QED) is 0.546. The molecule has 0 radical (unpaired) electrons. The monoisotopic (exact) mass is 454 g/mol. The van der Waals surface area contributed by atoms with Crippen molar-refractivity contribution in [1.82, 2.24) is 9.88 Å². The highest BCUT2D eigenvalue weighted by Crippen LogP contribution is 2.38. The summed E-state index contributed by atoms with van der Waals surface area (Å²) >= 11 is 8.81. The van der Waals surface area contributed by atoms with Crippen LogP contribution in [0.25, 0.3) is 10.4 Å². The van der Waals surface area contributed by atoms with Crippen LogP contribution >= 0.6 is 34.7 Å². The molecular weight excluding hydrogens is 436 g/mol. The number of nitrogens with zero attached hydrogens (tertiary/aromatic N) is 3. The van der Waals surface area contributed by atoms with Crippen LogP contribution in [0.1, 0.15) is 16.8 Å². The summed E-state index contributed by atoms with van der Waals surface area (Å²) in [4.78, 5) is 20.5. The first-order valence-corrected chi connectivity index (χ1v) is 11.7. The van der Waals surface area contributed by atoms with Gasteiger partial charge in [0, 0.05) is 46.4 Å². The Kier molecular flexibility index (Phi) is 6.40. The van der Waals surface area contributed by atoms with Crippen molar-refractivity contribution in [3.8, 4) is 16.5 Å². The highest BCUT2D eigenvalue weighted by molar-refractivity contribution is 8.00. The van der Waals surface area contributed by atoms with Crippen LogP contribution in [0.15, 0.2) is 46.8 Å². The van der Waals surface area contributed by atoms with Gasteiger partial charge >= 0.3 is 0 Å². The van der Waals surface area contributed by atoms with Crippen molar-refractivity contribution < 1.29 is 4.79 Å². The number of likely N-dealkylation sites (N-methyl/N-ethyl adjacent to an activating group) is 1. The number of hydrogen-bond acceptors (Lipinski definition) is 6. The average molecular weight is 455 g/mol.